The molecule has 0 saturated heterocycles. The highest BCUT2D eigenvalue weighted by Crippen LogP contribution is 2.41. The molecule has 12 aromatic rings. The Hall–Kier alpha value is -11.7. The summed E-state index contributed by atoms with van der Waals surface area (Å²) >= 11 is 0. The minimum Gasteiger partial charge on any atom is -0.506 e. The van der Waals surface area contributed by atoms with E-state index in [0.717, 1.165) is 33.5 Å². The van der Waals surface area contributed by atoms with Gasteiger partial charge in [-0.3, -0.25) is 34.8 Å². The fourth-order valence-corrected chi connectivity index (χ4v) is 9.18. The highest BCUT2D eigenvalue weighted by molar-refractivity contribution is 5.96. The van der Waals surface area contributed by atoms with E-state index in [1.165, 1.54) is 0 Å². The Morgan fingerprint density at radius 1 is 0.393 bits per heavy atom. The molecule has 12 rings (SSSR count). The molecule has 1 atom stereocenters. The molecule has 410 valence electrons. The summed E-state index contributed by atoms with van der Waals surface area (Å²) in [4.78, 5) is 62.9. The maximum Gasteiger partial charge on any atom is 0.275 e. The van der Waals surface area contributed by atoms with Crippen LogP contribution in [-0.2, 0) is 32.7 Å². The predicted octanol–water partition coefficient (Wildman–Crippen LogP) is 12.0. The van der Waals surface area contributed by atoms with Crippen LogP contribution in [0.2, 0.25) is 0 Å². The number of hydrogen-bond acceptors (Lipinski definition) is 22. The third kappa shape index (κ3) is 12.8. The first-order valence-electron chi connectivity index (χ1n) is 26.6. The summed E-state index contributed by atoms with van der Waals surface area (Å²) in [6, 6.07) is 56.4. The number of hydrogen-bond donors (Lipinski definition) is 2. The van der Waals surface area contributed by atoms with Crippen LogP contribution in [0.5, 0.6) is 11.5 Å². The molecule has 0 aliphatic rings. The lowest BCUT2D eigenvalue weighted by atomic mass is 10.1. The summed E-state index contributed by atoms with van der Waals surface area (Å²) in [5.74, 6) is 0.543. The van der Waals surface area contributed by atoms with Gasteiger partial charge in [0.25, 0.3) is 11.9 Å². The summed E-state index contributed by atoms with van der Waals surface area (Å²) in [7, 11) is 0. The summed E-state index contributed by atoms with van der Waals surface area (Å²) in [6.45, 7) is 1.33. The fourth-order valence-electron chi connectivity index (χ4n) is 9.18. The molecule has 22 heteroatoms. The van der Waals surface area contributed by atoms with Crippen LogP contribution in [-0.4, -0.2) is 64.9 Å². The molecule has 8 aromatic heterocycles. The van der Waals surface area contributed by atoms with Crippen molar-refractivity contribution in [2.24, 2.45) is 20.5 Å². The number of pyridine rings is 6. The smallest absolute Gasteiger partial charge is 0.275 e. The summed E-state index contributed by atoms with van der Waals surface area (Å²) < 4.78 is 7.24. The first-order valence-corrected chi connectivity index (χ1v) is 26.6. The molecule has 0 radical (unpaired) electrons. The Morgan fingerprint density at radius 3 is 1.32 bits per heavy atom. The summed E-state index contributed by atoms with van der Waals surface area (Å²) in [5.41, 5.74) is 11.2. The van der Waals surface area contributed by atoms with Crippen LogP contribution in [0.4, 0.5) is 47.1 Å². The molecular formula is C62H50N20O2. The molecular weight excluding hydrogens is 1060 g/mol. The second-order valence-corrected chi connectivity index (χ2v) is 18.9. The molecule has 0 bridgehead atoms. The third-order valence-electron chi connectivity index (χ3n) is 13.1. The van der Waals surface area contributed by atoms with E-state index in [1.807, 2.05) is 174 Å². The number of phenolic OH excluding ortho intramolecular Hbond substituents is 1. The standard InChI is InChI=1S/C62H50N20O2/c63-57-70-58(78-76-54-49-24-3-1-17-42(49)27-29-52(54)83)74-62(71-57)82(41-48-23-9-15-35-68-48)56(51-26-10-16-36-69-51)84-53-30-28-43-18-2-4-25-50(43)55(53)77-79-59-72-60(80(37-44-19-5-11-31-64-44)38-45-20-6-12-32-65-45)75-61(73-59)81(39-46-21-7-13-33-66-46)40-47-22-8-14-34-67-47/h1-36,56,83H,37-41H2,(H2,63,70,71,74). The lowest BCUT2D eigenvalue weighted by Crippen LogP contribution is -2.34. The zero-order valence-corrected chi connectivity index (χ0v) is 44.8. The molecule has 84 heavy (non-hydrogen) atoms. The van der Waals surface area contributed by atoms with Crippen LogP contribution in [0.3, 0.4) is 0 Å². The van der Waals surface area contributed by atoms with Gasteiger partial charge in [-0.05, 0) is 95.7 Å². The van der Waals surface area contributed by atoms with E-state index in [9.17, 15) is 5.11 Å². The third-order valence-corrected chi connectivity index (χ3v) is 13.1. The van der Waals surface area contributed by atoms with E-state index in [1.54, 1.807) is 60.3 Å². The number of anilines is 4. The molecule has 0 fully saturated rings. The Balaban J connectivity index is 0.985. The Kier molecular flexibility index (Phi) is 15.9. The maximum atomic E-state index is 10.9. The molecule has 0 spiro atoms. The van der Waals surface area contributed by atoms with Crippen molar-refractivity contribution in [2.75, 3.05) is 20.4 Å². The van der Waals surface area contributed by atoms with Crippen molar-refractivity contribution in [3.8, 4) is 11.5 Å². The van der Waals surface area contributed by atoms with Gasteiger partial charge in [-0.15, -0.1) is 20.5 Å². The number of aromatic hydroxyl groups is 1. The van der Waals surface area contributed by atoms with Gasteiger partial charge < -0.3 is 25.4 Å². The average molecular weight is 1110 g/mol. The van der Waals surface area contributed by atoms with Crippen molar-refractivity contribution in [3.05, 3.63) is 253 Å². The van der Waals surface area contributed by atoms with Crippen LogP contribution in [0.1, 0.15) is 40.4 Å². The van der Waals surface area contributed by atoms with E-state index in [4.69, 9.17) is 45.6 Å². The van der Waals surface area contributed by atoms with Crippen LogP contribution in [0.25, 0.3) is 21.5 Å². The van der Waals surface area contributed by atoms with Crippen molar-refractivity contribution in [1.29, 1.82) is 0 Å². The molecule has 1 unspecified atom stereocenters. The lowest BCUT2D eigenvalue weighted by molar-refractivity contribution is 0.191. The molecule has 0 saturated carbocycles. The molecule has 0 amide bonds. The van der Waals surface area contributed by atoms with Crippen LogP contribution < -0.4 is 25.2 Å². The average Bonchev–Trinajstić information content (AvgIpc) is 3.67. The number of azo groups is 2. The van der Waals surface area contributed by atoms with Crippen molar-refractivity contribution in [2.45, 2.75) is 39.0 Å². The molecule has 0 aliphatic heterocycles. The summed E-state index contributed by atoms with van der Waals surface area (Å²) in [6.07, 6.45) is 9.24. The predicted molar refractivity (Wildman–Crippen MR) is 317 cm³/mol. The molecule has 4 aromatic carbocycles. The van der Waals surface area contributed by atoms with Gasteiger partial charge >= 0.3 is 0 Å². The number of fused-ring (bicyclic) bond motifs is 2. The van der Waals surface area contributed by atoms with Crippen molar-refractivity contribution in [1.82, 2.24) is 59.8 Å². The second-order valence-electron chi connectivity index (χ2n) is 18.9. The van der Waals surface area contributed by atoms with Crippen molar-refractivity contribution in [3.63, 3.8) is 0 Å². The highest BCUT2D eigenvalue weighted by atomic mass is 16.5. The summed E-state index contributed by atoms with van der Waals surface area (Å²) in [5, 5.41) is 32.7. The number of nitrogen functional groups attached to an aromatic ring is 1. The first kappa shape index (κ1) is 53.0. The van der Waals surface area contributed by atoms with E-state index in [-0.39, 0.29) is 53.7 Å². The number of phenols is 1. The number of rotatable bonds is 21. The Morgan fingerprint density at radius 2 is 0.821 bits per heavy atom. The zero-order chi connectivity index (χ0) is 56.9. The van der Waals surface area contributed by atoms with Crippen LogP contribution in [0, 0.1) is 0 Å². The number of ether oxygens (including phenoxy) is 1. The van der Waals surface area contributed by atoms with E-state index in [2.05, 4.69) is 45.1 Å². The largest absolute Gasteiger partial charge is 0.506 e. The second kappa shape index (κ2) is 25.2. The van der Waals surface area contributed by atoms with E-state index < -0.39 is 6.23 Å². The first-order chi connectivity index (χ1) is 41.4. The van der Waals surface area contributed by atoms with E-state index in [0.29, 0.717) is 59.8 Å². The molecule has 3 N–H and O–H groups in total. The Bertz CT molecular complexity index is 4030. The van der Waals surface area contributed by atoms with Gasteiger partial charge in [0, 0.05) is 48.0 Å². The molecule has 22 nitrogen and oxygen atoms in total. The molecule has 8 heterocycles. The van der Waals surface area contributed by atoms with Gasteiger partial charge in [0.1, 0.15) is 22.8 Å². The van der Waals surface area contributed by atoms with Crippen LogP contribution >= 0.6 is 0 Å². The topological polar surface area (TPSA) is 269 Å². The van der Waals surface area contributed by atoms with Crippen molar-refractivity contribution < 1.29 is 9.84 Å². The number of benzene rings is 4. The zero-order valence-electron chi connectivity index (χ0n) is 44.8. The van der Waals surface area contributed by atoms with Gasteiger partial charge in [0.15, 0.2) is 5.75 Å². The molecule has 0 aliphatic carbocycles. The van der Waals surface area contributed by atoms with Gasteiger partial charge in [-0.2, -0.15) is 29.9 Å². The van der Waals surface area contributed by atoms with Crippen LogP contribution in [0.15, 0.2) is 240 Å². The lowest BCUT2D eigenvalue weighted by Gasteiger charge is -2.31. The normalized spacial score (nSPS) is 11.8. The highest BCUT2D eigenvalue weighted by Gasteiger charge is 2.30. The fraction of sp³-hybridized carbons (Fsp3) is 0.0968. The van der Waals surface area contributed by atoms with Gasteiger partial charge in [-0.25, -0.2) is 0 Å². The maximum absolute atomic E-state index is 10.9. The van der Waals surface area contributed by atoms with Gasteiger partial charge in [0.2, 0.25) is 30.0 Å². The SMILES string of the molecule is Nc1nc(N=Nc2c(O)ccc3ccccc23)nc(N(Cc2ccccn2)C(Oc2ccc3ccccc3c2N=Nc2nc(N(Cc3ccccn3)Cc3ccccn3)nc(N(Cc3ccccn3)Cc3ccccn3)n2)c2ccccn2)n1. The van der Waals surface area contributed by atoms with E-state index >= 15 is 0 Å². The minimum atomic E-state index is -1.11. The minimum absolute atomic E-state index is 0.00908. The van der Waals surface area contributed by atoms with Gasteiger partial charge in [0.05, 0.1) is 61.2 Å². The number of nitrogens with two attached hydrogens (primary N) is 1. The van der Waals surface area contributed by atoms with Gasteiger partial charge in [-0.1, -0.05) is 97.1 Å². The number of aromatic nitrogens is 12. The monoisotopic (exact) mass is 1110 g/mol. The van der Waals surface area contributed by atoms with Crippen molar-refractivity contribution >= 4 is 68.6 Å². The quantitative estimate of drug-likeness (QED) is 0.0500. The Labute approximate surface area is 481 Å². The number of nitrogens with zero attached hydrogens (tertiary/aromatic N) is 19.